The normalized spacial score (nSPS) is 20.7. The van der Waals surface area contributed by atoms with Crippen LogP contribution in [-0.2, 0) is 11.0 Å². The maximum atomic E-state index is 14.9. The molecule has 1 aliphatic carbocycles. The van der Waals surface area contributed by atoms with Crippen LogP contribution in [0, 0.1) is 5.82 Å². The summed E-state index contributed by atoms with van der Waals surface area (Å²) in [7, 11) is -1.48. The van der Waals surface area contributed by atoms with Crippen LogP contribution in [0.2, 0.25) is 5.02 Å². The van der Waals surface area contributed by atoms with Crippen molar-refractivity contribution in [1.82, 2.24) is 9.71 Å². The number of pyridine rings is 1. The van der Waals surface area contributed by atoms with Gasteiger partial charge in [-0.15, -0.1) is 0 Å². The highest BCUT2D eigenvalue weighted by Gasteiger charge is 2.48. The number of nitrogens with zero attached hydrogens (tertiary/aromatic N) is 1. The zero-order chi connectivity index (χ0) is 15.8. The fourth-order valence-corrected chi connectivity index (χ4v) is 3.28. The zero-order valence-corrected chi connectivity index (χ0v) is 13.8. The standard InChI is InChI=1S/C14H19ClF2N2OS/c1-13(2,3)21(20)19-12(14(17)5-4-6-14)11-10(15)7-9(16)8-18-11/h7-8,12,19H,4-6H2,1-3H3/t12?,21-/m1/s1. The molecule has 1 N–H and O–H groups in total. The van der Waals surface area contributed by atoms with Crippen LogP contribution in [-0.4, -0.2) is 19.6 Å². The van der Waals surface area contributed by atoms with E-state index in [1.165, 1.54) is 0 Å². The molecule has 1 aromatic rings. The van der Waals surface area contributed by atoms with Crippen molar-refractivity contribution < 1.29 is 13.0 Å². The lowest BCUT2D eigenvalue weighted by Crippen LogP contribution is -2.49. The van der Waals surface area contributed by atoms with Crippen molar-refractivity contribution in [1.29, 1.82) is 0 Å². The molecule has 2 rings (SSSR count). The van der Waals surface area contributed by atoms with Crippen LogP contribution in [0.25, 0.3) is 0 Å². The van der Waals surface area contributed by atoms with Crippen molar-refractivity contribution in [2.75, 3.05) is 0 Å². The highest BCUT2D eigenvalue weighted by atomic mass is 35.5. The average molecular weight is 337 g/mol. The number of halogens is 3. The molecule has 0 aromatic carbocycles. The molecule has 1 aliphatic rings. The molecule has 0 bridgehead atoms. The first-order valence-electron chi connectivity index (χ1n) is 6.81. The Morgan fingerprint density at radius 3 is 2.52 bits per heavy atom. The Morgan fingerprint density at radius 2 is 2.10 bits per heavy atom. The molecule has 1 heterocycles. The summed E-state index contributed by atoms with van der Waals surface area (Å²) in [6.45, 7) is 5.37. The Labute approximate surface area is 131 Å². The minimum atomic E-state index is -1.55. The lowest BCUT2D eigenvalue weighted by molar-refractivity contribution is 0.0267. The number of hydrogen-bond donors (Lipinski definition) is 1. The van der Waals surface area contributed by atoms with E-state index in [1.54, 1.807) is 20.8 Å². The van der Waals surface area contributed by atoms with E-state index in [-0.39, 0.29) is 10.7 Å². The van der Waals surface area contributed by atoms with Crippen LogP contribution in [0.3, 0.4) is 0 Å². The molecule has 1 aromatic heterocycles. The molecule has 0 amide bonds. The summed E-state index contributed by atoms with van der Waals surface area (Å²) in [5, 5.41) is 0.0438. The molecule has 1 fully saturated rings. The molecule has 0 radical (unpaired) electrons. The van der Waals surface area contributed by atoms with Gasteiger partial charge in [0.2, 0.25) is 0 Å². The van der Waals surface area contributed by atoms with Crippen molar-refractivity contribution in [2.45, 2.75) is 56.5 Å². The first-order chi connectivity index (χ1) is 9.63. The van der Waals surface area contributed by atoms with Gasteiger partial charge in [-0.2, -0.15) is 0 Å². The summed E-state index contributed by atoms with van der Waals surface area (Å²) in [5.74, 6) is -0.582. The molecule has 0 saturated heterocycles. The average Bonchev–Trinajstić information content (AvgIpc) is 2.32. The smallest absolute Gasteiger partial charge is 0.142 e. The second-order valence-electron chi connectivity index (χ2n) is 6.34. The van der Waals surface area contributed by atoms with Gasteiger partial charge in [0.15, 0.2) is 0 Å². The van der Waals surface area contributed by atoms with E-state index in [0.717, 1.165) is 18.7 Å². The summed E-state index contributed by atoms with van der Waals surface area (Å²) in [5.41, 5.74) is -1.34. The number of alkyl halides is 1. The summed E-state index contributed by atoms with van der Waals surface area (Å²) >= 11 is 6.00. The van der Waals surface area contributed by atoms with Gasteiger partial charge in [0, 0.05) is 0 Å². The molecule has 7 heteroatoms. The molecule has 1 saturated carbocycles. The third-order valence-corrected chi connectivity index (χ3v) is 5.46. The molecular formula is C14H19ClF2N2OS. The molecule has 118 valence electrons. The molecule has 3 nitrogen and oxygen atoms in total. The van der Waals surface area contributed by atoms with E-state index < -0.39 is 33.3 Å². The molecule has 0 aliphatic heterocycles. The lowest BCUT2D eigenvalue weighted by atomic mass is 9.75. The Balaban J connectivity index is 2.35. The van der Waals surface area contributed by atoms with Crippen molar-refractivity contribution in [3.05, 3.63) is 28.8 Å². The fraction of sp³-hybridized carbons (Fsp3) is 0.643. The van der Waals surface area contributed by atoms with Gasteiger partial charge in [0.05, 0.1) is 38.7 Å². The Kier molecular flexibility index (Phi) is 4.71. The van der Waals surface area contributed by atoms with E-state index in [1.807, 2.05) is 0 Å². The molecule has 21 heavy (non-hydrogen) atoms. The van der Waals surface area contributed by atoms with Gasteiger partial charge in [0.1, 0.15) is 11.5 Å². The van der Waals surface area contributed by atoms with Crippen molar-refractivity contribution >= 4 is 22.6 Å². The second-order valence-corrected chi connectivity index (χ2v) is 8.75. The van der Waals surface area contributed by atoms with Gasteiger partial charge in [-0.25, -0.2) is 17.7 Å². The highest BCUT2D eigenvalue weighted by molar-refractivity contribution is 7.84. The van der Waals surface area contributed by atoms with Crippen LogP contribution >= 0.6 is 11.6 Å². The van der Waals surface area contributed by atoms with Crippen molar-refractivity contribution in [2.24, 2.45) is 0 Å². The van der Waals surface area contributed by atoms with Gasteiger partial charge in [-0.05, 0) is 46.1 Å². The van der Waals surface area contributed by atoms with Crippen LogP contribution in [0.1, 0.15) is 51.8 Å². The molecular weight excluding hydrogens is 318 g/mol. The van der Waals surface area contributed by atoms with E-state index >= 15 is 0 Å². The topological polar surface area (TPSA) is 42.0 Å². The molecule has 2 atom stereocenters. The minimum absolute atomic E-state index is 0.0438. The van der Waals surface area contributed by atoms with Gasteiger partial charge in [-0.1, -0.05) is 11.6 Å². The van der Waals surface area contributed by atoms with Gasteiger partial charge in [-0.3, -0.25) is 4.98 Å². The minimum Gasteiger partial charge on any atom is -0.255 e. The predicted molar refractivity (Wildman–Crippen MR) is 80.7 cm³/mol. The first kappa shape index (κ1) is 16.8. The third-order valence-electron chi connectivity index (χ3n) is 3.59. The van der Waals surface area contributed by atoms with Crippen LogP contribution in [0.15, 0.2) is 12.3 Å². The predicted octanol–water partition coefficient (Wildman–Crippen LogP) is 3.86. The monoisotopic (exact) mass is 336 g/mol. The summed E-state index contributed by atoms with van der Waals surface area (Å²) < 4.78 is 42.6. The van der Waals surface area contributed by atoms with Crippen LogP contribution in [0.5, 0.6) is 0 Å². The summed E-state index contributed by atoms with van der Waals surface area (Å²) in [6, 6.07) is 0.194. The highest BCUT2D eigenvalue weighted by Crippen LogP contribution is 2.46. The van der Waals surface area contributed by atoms with Crippen molar-refractivity contribution in [3.63, 3.8) is 0 Å². The lowest BCUT2D eigenvalue weighted by Gasteiger charge is -2.41. The fourth-order valence-electron chi connectivity index (χ4n) is 2.13. The summed E-state index contributed by atoms with van der Waals surface area (Å²) in [6.07, 6.45) is 2.45. The van der Waals surface area contributed by atoms with E-state index in [0.29, 0.717) is 12.8 Å². The number of nitrogens with one attached hydrogen (secondary N) is 1. The molecule has 1 unspecified atom stereocenters. The number of aromatic nitrogens is 1. The maximum absolute atomic E-state index is 14.9. The van der Waals surface area contributed by atoms with Crippen LogP contribution in [0.4, 0.5) is 8.78 Å². The Hall–Kier alpha value is -0.590. The van der Waals surface area contributed by atoms with Crippen molar-refractivity contribution in [3.8, 4) is 0 Å². The Morgan fingerprint density at radius 1 is 1.48 bits per heavy atom. The molecule has 0 spiro atoms. The zero-order valence-electron chi connectivity index (χ0n) is 12.3. The number of hydrogen-bond acceptors (Lipinski definition) is 2. The van der Waals surface area contributed by atoms with E-state index in [9.17, 15) is 13.0 Å². The second kappa shape index (κ2) is 5.89. The van der Waals surface area contributed by atoms with Gasteiger partial charge in [0.25, 0.3) is 0 Å². The van der Waals surface area contributed by atoms with Gasteiger partial charge < -0.3 is 0 Å². The Bertz CT molecular complexity index is 558. The first-order valence-corrected chi connectivity index (χ1v) is 8.34. The summed E-state index contributed by atoms with van der Waals surface area (Å²) in [4.78, 5) is 3.92. The largest absolute Gasteiger partial charge is 0.255 e. The quantitative estimate of drug-likeness (QED) is 0.907. The van der Waals surface area contributed by atoms with E-state index in [2.05, 4.69) is 9.71 Å². The SMILES string of the molecule is CC(C)(C)[S@@](=O)NC(c1ncc(F)cc1Cl)C1(F)CCC1. The van der Waals surface area contributed by atoms with Crippen LogP contribution < -0.4 is 4.72 Å². The number of rotatable bonds is 4. The van der Waals surface area contributed by atoms with E-state index in [4.69, 9.17) is 11.6 Å². The van der Waals surface area contributed by atoms with Gasteiger partial charge >= 0.3 is 0 Å². The third kappa shape index (κ3) is 3.60. The maximum Gasteiger partial charge on any atom is 0.142 e.